The van der Waals surface area contributed by atoms with Crippen LogP contribution in [-0.2, 0) is 11.2 Å². The molecule has 0 bridgehead atoms. The van der Waals surface area contributed by atoms with E-state index in [1.165, 1.54) is 83.1 Å². The van der Waals surface area contributed by atoms with Crippen LogP contribution in [-0.4, -0.2) is 19.8 Å². The molecule has 32 heavy (non-hydrogen) atoms. The largest absolute Gasteiger partial charge is 0.491 e. The van der Waals surface area contributed by atoms with Crippen molar-refractivity contribution in [1.82, 2.24) is 0 Å². The molecule has 0 spiro atoms. The summed E-state index contributed by atoms with van der Waals surface area (Å²) < 4.78 is 39.1. The van der Waals surface area contributed by atoms with E-state index in [0.717, 1.165) is 24.4 Å². The van der Waals surface area contributed by atoms with Crippen LogP contribution in [0.4, 0.5) is 8.78 Å². The van der Waals surface area contributed by atoms with Crippen LogP contribution in [0.1, 0.15) is 96.5 Å². The number of unbranched alkanes of at least 4 members (excludes halogenated alkanes) is 2. The van der Waals surface area contributed by atoms with Crippen LogP contribution in [0.15, 0.2) is 12.1 Å². The second kappa shape index (κ2) is 13.5. The van der Waals surface area contributed by atoms with Crippen LogP contribution in [0.2, 0.25) is 0 Å². The van der Waals surface area contributed by atoms with Crippen LogP contribution in [0.5, 0.6) is 5.75 Å². The van der Waals surface area contributed by atoms with Gasteiger partial charge >= 0.3 is 0 Å². The van der Waals surface area contributed by atoms with E-state index in [2.05, 4.69) is 6.92 Å². The highest BCUT2D eigenvalue weighted by Gasteiger charge is 2.30. The van der Waals surface area contributed by atoms with Gasteiger partial charge < -0.3 is 9.47 Å². The van der Waals surface area contributed by atoms with Gasteiger partial charge in [0.1, 0.15) is 0 Å². The summed E-state index contributed by atoms with van der Waals surface area (Å²) >= 11 is 0. The van der Waals surface area contributed by atoms with Crippen LogP contribution in [0.3, 0.4) is 0 Å². The van der Waals surface area contributed by atoms with Crippen molar-refractivity contribution in [3.63, 3.8) is 0 Å². The molecule has 2 aliphatic carbocycles. The summed E-state index contributed by atoms with van der Waals surface area (Å²) in [4.78, 5) is 0. The van der Waals surface area contributed by atoms with Crippen molar-refractivity contribution < 1.29 is 18.3 Å². The monoisotopic (exact) mass is 450 g/mol. The molecule has 2 nitrogen and oxygen atoms in total. The van der Waals surface area contributed by atoms with E-state index >= 15 is 0 Å². The van der Waals surface area contributed by atoms with Crippen LogP contribution < -0.4 is 4.74 Å². The molecule has 0 unspecified atom stereocenters. The highest BCUT2D eigenvalue weighted by molar-refractivity contribution is 5.31. The summed E-state index contributed by atoms with van der Waals surface area (Å²) in [6, 6.07) is 3.12. The predicted octanol–water partition coefficient (Wildman–Crippen LogP) is 8.12. The Morgan fingerprint density at radius 3 is 2.09 bits per heavy atom. The molecule has 182 valence electrons. The highest BCUT2D eigenvalue weighted by atomic mass is 19.2. The molecule has 2 saturated carbocycles. The van der Waals surface area contributed by atoms with Crippen LogP contribution in [0, 0.1) is 35.3 Å². The molecule has 3 rings (SSSR count). The van der Waals surface area contributed by atoms with Gasteiger partial charge in [-0.3, -0.25) is 0 Å². The third-order valence-electron chi connectivity index (χ3n) is 7.96. The van der Waals surface area contributed by atoms with Gasteiger partial charge in [-0.2, -0.15) is 4.39 Å². The zero-order chi connectivity index (χ0) is 22.8. The zero-order valence-electron chi connectivity index (χ0n) is 20.4. The number of hydrogen-bond donors (Lipinski definition) is 0. The standard InChI is InChI=1S/C28H44F2O2/c1-3-5-6-7-21-8-12-23(13-9-21)24-14-10-22(11-15-24)20-31-19-18-25-16-17-26(32-4-2)28(30)27(25)29/h16-17,21-24H,3-15,18-20H2,1-2H3/t21-,22?,23-,24?. The van der Waals surface area contributed by atoms with Crippen LogP contribution in [0.25, 0.3) is 0 Å². The summed E-state index contributed by atoms with van der Waals surface area (Å²) in [5.41, 5.74) is 0.361. The first-order valence-electron chi connectivity index (χ1n) is 13.3. The fraction of sp³-hybridized carbons (Fsp3) is 0.786. The average Bonchev–Trinajstić information content (AvgIpc) is 2.82. The summed E-state index contributed by atoms with van der Waals surface area (Å²) in [5.74, 6) is 1.78. The van der Waals surface area contributed by atoms with Gasteiger partial charge in [-0.25, -0.2) is 4.39 Å². The summed E-state index contributed by atoms with van der Waals surface area (Å²) in [6.07, 6.45) is 17.0. The molecule has 0 amide bonds. The van der Waals surface area contributed by atoms with E-state index in [4.69, 9.17) is 9.47 Å². The van der Waals surface area contributed by atoms with E-state index < -0.39 is 11.6 Å². The van der Waals surface area contributed by atoms with E-state index in [1.807, 2.05) is 0 Å². The fourth-order valence-corrected chi connectivity index (χ4v) is 5.92. The maximum absolute atomic E-state index is 14.2. The molecule has 0 aliphatic heterocycles. The first-order chi connectivity index (χ1) is 15.6. The first kappa shape index (κ1) is 25.5. The van der Waals surface area contributed by atoms with E-state index in [0.29, 0.717) is 31.1 Å². The van der Waals surface area contributed by atoms with Crippen molar-refractivity contribution in [2.75, 3.05) is 19.8 Å². The Kier molecular flexibility index (Phi) is 10.8. The Balaban J connectivity index is 1.30. The highest BCUT2D eigenvalue weighted by Crippen LogP contribution is 2.42. The van der Waals surface area contributed by atoms with Crippen molar-refractivity contribution in [3.8, 4) is 5.75 Å². The topological polar surface area (TPSA) is 18.5 Å². The molecule has 0 saturated heterocycles. The number of halogens is 2. The Morgan fingerprint density at radius 2 is 1.47 bits per heavy atom. The van der Waals surface area contributed by atoms with E-state index in [9.17, 15) is 8.78 Å². The van der Waals surface area contributed by atoms with Gasteiger partial charge in [-0.1, -0.05) is 51.5 Å². The van der Waals surface area contributed by atoms with Crippen molar-refractivity contribution in [3.05, 3.63) is 29.3 Å². The van der Waals surface area contributed by atoms with Gasteiger partial charge in [-0.15, -0.1) is 0 Å². The Hall–Kier alpha value is -1.16. The SMILES string of the molecule is CCCCC[C@H]1CC[C@H](C2CCC(COCCc3ccc(OCC)c(F)c3F)CC2)CC1. The third kappa shape index (κ3) is 7.43. The molecule has 0 aromatic heterocycles. The van der Waals surface area contributed by atoms with Gasteiger partial charge in [0.25, 0.3) is 0 Å². The summed E-state index contributed by atoms with van der Waals surface area (Å²) in [5, 5.41) is 0. The smallest absolute Gasteiger partial charge is 0.200 e. The predicted molar refractivity (Wildman–Crippen MR) is 127 cm³/mol. The Morgan fingerprint density at radius 1 is 0.812 bits per heavy atom. The van der Waals surface area contributed by atoms with Gasteiger partial charge in [-0.05, 0) is 87.2 Å². The normalized spacial score (nSPS) is 26.2. The molecule has 2 aliphatic rings. The zero-order valence-corrected chi connectivity index (χ0v) is 20.4. The van der Waals surface area contributed by atoms with Crippen molar-refractivity contribution in [2.24, 2.45) is 23.7 Å². The second-order valence-corrected chi connectivity index (χ2v) is 10.2. The van der Waals surface area contributed by atoms with E-state index in [-0.39, 0.29) is 5.75 Å². The van der Waals surface area contributed by atoms with Crippen LogP contribution >= 0.6 is 0 Å². The molecule has 1 aromatic carbocycles. The van der Waals surface area contributed by atoms with Gasteiger partial charge in [0.05, 0.1) is 13.2 Å². The fourth-order valence-electron chi connectivity index (χ4n) is 5.92. The molecule has 0 N–H and O–H groups in total. The quantitative estimate of drug-likeness (QED) is 0.299. The molecule has 0 heterocycles. The van der Waals surface area contributed by atoms with Crippen molar-refractivity contribution in [2.45, 2.75) is 97.3 Å². The Labute approximate surface area is 194 Å². The minimum Gasteiger partial charge on any atom is -0.491 e. The first-order valence-corrected chi connectivity index (χ1v) is 13.3. The second-order valence-electron chi connectivity index (χ2n) is 10.2. The third-order valence-corrected chi connectivity index (χ3v) is 7.96. The van der Waals surface area contributed by atoms with Gasteiger partial charge in [0, 0.05) is 6.61 Å². The number of benzene rings is 1. The maximum atomic E-state index is 14.2. The molecular formula is C28H44F2O2. The number of ether oxygens (including phenoxy) is 2. The van der Waals surface area contributed by atoms with Crippen molar-refractivity contribution in [1.29, 1.82) is 0 Å². The van der Waals surface area contributed by atoms with Crippen molar-refractivity contribution >= 4 is 0 Å². The van der Waals surface area contributed by atoms with Gasteiger partial charge in [0.15, 0.2) is 11.6 Å². The molecule has 2 fully saturated rings. The summed E-state index contributed by atoms with van der Waals surface area (Å²) in [6.45, 7) is 5.55. The maximum Gasteiger partial charge on any atom is 0.200 e. The molecule has 0 atom stereocenters. The lowest BCUT2D eigenvalue weighted by Gasteiger charge is -2.38. The lowest BCUT2D eigenvalue weighted by Crippen LogP contribution is -2.27. The number of rotatable bonds is 12. The number of hydrogen-bond acceptors (Lipinski definition) is 2. The van der Waals surface area contributed by atoms with E-state index in [1.54, 1.807) is 13.0 Å². The lowest BCUT2D eigenvalue weighted by atomic mass is 9.69. The minimum absolute atomic E-state index is 0.0172. The Bertz CT molecular complexity index is 662. The molecular weight excluding hydrogens is 406 g/mol. The lowest BCUT2D eigenvalue weighted by molar-refractivity contribution is 0.0657. The molecule has 1 aromatic rings. The average molecular weight is 451 g/mol. The minimum atomic E-state index is -0.891. The van der Waals surface area contributed by atoms with Gasteiger partial charge in [0.2, 0.25) is 5.82 Å². The molecule has 4 heteroatoms. The molecule has 0 radical (unpaired) electrons. The summed E-state index contributed by atoms with van der Waals surface area (Å²) in [7, 11) is 0.